The maximum atomic E-state index is 3.64. The minimum absolute atomic E-state index is 0.446. The molecule has 2 aliphatic heterocycles. The molecule has 1 saturated heterocycles. The van der Waals surface area contributed by atoms with Crippen LogP contribution in [0.5, 0.6) is 0 Å². The number of nitrogens with one attached hydrogen (secondary N) is 2. The van der Waals surface area contributed by atoms with E-state index < -0.39 is 0 Å². The van der Waals surface area contributed by atoms with Crippen LogP contribution in [0.1, 0.15) is 24.8 Å². The Bertz CT molecular complexity index is 764. The summed E-state index contributed by atoms with van der Waals surface area (Å²) in [4.78, 5) is 0. The van der Waals surface area contributed by atoms with Crippen molar-refractivity contribution >= 4 is 0 Å². The van der Waals surface area contributed by atoms with Gasteiger partial charge in [0, 0.05) is 18.2 Å². The smallest absolute Gasteiger partial charge is 0.0517 e. The van der Waals surface area contributed by atoms with Crippen LogP contribution < -0.4 is 10.6 Å². The van der Waals surface area contributed by atoms with Crippen LogP contribution in [-0.2, 0) is 6.42 Å². The van der Waals surface area contributed by atoms with Gasteiger partial charge in [-0.1, -0.05) is 36.4 Å². The van der Waals surface area contributed by atoms with Gasteiger partial charge in [0.05, 0.1) is 6.04 Å². The summed E-state index contributed by atoms with van der Waals surface area (Å²) in [6.45, 7) is 1.11. The average Bonchev–Trinajstić information content (AvgIpc) is 3.01. The highest BCUT2D eigenvalue weighted by atomic mass is 14.9. The zero-order valence-electron chi connectivity index (χ0n) is 13.3. The second-order valence-corrected chi connectivity index (χ2v) is 7.01. The Hall–Kier alpha value is -2.22. The molecule has 2 aliphatic carbocycles. The first-order valence-corrected chi connectivity index (χ1v) is 8.77. The van der Waals surface area contributed by atoms with Crippen LogP contribution >= 0.6 is 0 Å². The lowest BCUT2D eigenvalue weighted by Gasteiger charge is -2.35. The summed E-state index contributed by atoms with van der Waals surface area (Å²) >= 11 is 0. The molecule has 2 atom stereocenters. The fourth-order valence-corrected chi connectivity index (χ4v) is 4.68. The number of hydrogen-bond acceptors (Lipinski definition) is 2. The molecule has 0 bridgehead atoms. The van der Waals surface area contributed by atoms with E-state index in [0.717, 1.165) is 13.0 Å². The van der Waals surface area contributed by atoms with Gasteiger partial charge in [-0.05, 0) is 65.8 Å². The zero-order valence-corrected chi connectivity index (χ0v) is 13.3. The van der Waals surface area contributed by atoms with Gasteiger partial charge in [-0.2, -0.15) is 0 Å². The lowest BCUT2D eigenvalue weighted by atomic mass is 9.72. The van der Waals surface area contributed by atoms with Gasteiger partial charge in [0.15, 0.2) is 0 Å². The lowest BCUT2D eigenvalue weighted by molar-refractivity contribution is 0.546. The number of dihydropyridines is 1. The number of rotatable bonds is 2. The Balaban J connectivity index is 1.54. The van der Waals surface area contributed by atoms with Gasteiger partial charge in [-0.3, -0.25) is 0 Å². The van der Waals surface area contributed by atoms with Crippen molar-refractivity contribution in [1.82, 2.24) is 10.6 Å². The first kappa shape index (κ1) is 13.2. The summed E-state index contributed by atoms with van der Waals surface area (Å²) in [6.07, 6.45) is 11.5. The van der Waals surface area contributed by atoms with Crippen LogP contribution in [0.4, 0.5) is 0 Å². The van der Waals surface area contributed by atoms with E-state index in [1.54, 1.807) is 16.7 Å². The van der Waals surface area contributed by atoms with E-state index in [-0.39, 0.29) is 0 Å². The standard InChI is InChI=1S/C21H22N2/c1-2-5-14(6-3-1)11-20-18-12-15-13-23-19-8-4-7-17(21(15)19)16(18)9-10-22-20/h1-3,5-6,8-10,15,20,22-23H,4,7,11-13H2. The summed E-state index contributed by atoms with van der Waals surface area (Å²) in [5.41, 5.74) is 9.25. The van der Waals surface area contributed by atoms with Crippen LogP contribution in [-0.4, -0.2) is 12.6 Å². The molecule has 2 unspecified atom stereocenters. The van der Waals surface area contributed by atoms with Crippen molar-refractivity contribution in [2.75, 3.05) is 6.54 Å². The summed E-state index contributed by atoms with van der Waals surface area (Å²) in [7, 11) is 0. The average molecular weight is 302 g/mol. The normalized spacial score (nSPS) is 27.9. The summed E-state index contributed by atoms with van der Waals surface area (Å²) in [5.74, 6) is 0.682. The highest BCUT2D eigenvalue weighted by molar-refractivity contribution is 5.60. The molecule has 116 valence electrons. The predicted molar refractivity (Wildman–Crippen MR) is 93.7 cm³/mol. The van der Waals surface area contributed by atoms with Crippen molar-refractivity contribution in [3.63, 3.8) is 0 Å². The minimum atomic E-state index is 0.446. The highest BCUT2D eigenvalue weighted by Gasteiger charge is 2.37. The third-order valence-corrected chi connectivity index (χ3v) is 5.69. The molecule has 4 aliphatic rings. The molecule has 23 heavy (non-hydrogen) atoms. The van der Waals surface area contributed by atoms with Gasteiger partial charge in [-0.25, -0.2) is 0 Å². The van der Waals surface area contributed by atoms with E-state index in [2.05, 4.69) is 59.3 Å². The Morgan fingerprint density at radius 2 is 2.04 bits per heavy atom. The molecule has 0 radical (unpaired) electrons. The monoisotopic (exact) mass is 302 g/mol. The maximum absolute atomic E-state index is 3.64. The number of fused-ring (bicyclic) bond motifs is 1. The van der Waals surface area contributed by atoms with E-state index in [4.69, 9.17) is 0 Å². The molecule has 0 aromatic heterocycles. The summed E-state index contributed by atoms with van der Waals surface area (Å²) in [5, 5.41) is 7.26. The molecule has 2 heterocycles. The molecule has 2 heteroatoms. The number of benzene rings is 1. The molecule has 5 rings (SSSR count). The van der Waals surface area contributed by atoms with Crippen molar-refractivity contribution in [3.8, 4) is 0 Å². The summed E-state index contributed by atoms with van der Waals surface area (Å²) < 4.78 is 0. The molecule has 1 fully saturated rings. The van der Waals surface area contributed by atoms with Crippen molar-refractivity contribution < 1.29 is 0 Å². The molecule has 1 aromatic rings. The fourth-order valence-electron chi connectivity index (χ4n) is 4.68. The number of hydrogen-bond donors (Lipinski definition) is 2. The van der Waals surface area contributed by atoms with Gasteiger partial charge >= 0.3 is 0 Å². The van der Waals surface area contributed by atoms with Crippen LogP contribution in [0.2, 0.25) is 0 Å². The van der Waals surface area contributed by atoms with Crippen LogP contribution in [0.3, 0.4) is 0 Å². The van der Waals surface area contributed by atoms with Crippen molar-refractivity contribution in [1.29, 1.82) is 0 Å². The van der Waals surface area contributed by atoms with E-state index in [0.29, 0.717) is 12.0 Å². The quantitative estimate of drug-likeness (QED) is 0.872. The van der Waals surface area contributed by atoms with Crippen molar-refractivity contribution in [2.24, 2.45) is 5.92 Å². The summed E-state index contributed by atoms with van der Waals surface area (Å²) in [6, 6.07) is 11.3. The fraction of sp³-hybridized carbons (Fsp3) is 0.333. The Morgan fingerprint density at radius 1 is 1.13 bits per heavy atom. The Labute approximate surface area is 137 Å². The Kier molecular flexibility index (Phi) is 2.97. The first-order valence-electron chi connectivity index (χ1n) is 8.77. The predicted octanol–water partition coefficient (Wildman–Crippen LogP) is 3.61. The van der Waals surface area contributed by atoms with Gasteiger partial charge in [0.25, 0.3) is 0 Å². The molecule has 2 N–H and O–H groups in total. The minimum Gasteiger partial charge on any atom is -0.384 e. The first-order chi connectivity index (χ1) is 11.4. The van der Waals surface area contributed by atoms with Gasteiger partial charge < -0.3 is 10.6 Å². The molecule has 0 saturated carbocycles. The van der Waals surface area contributed by atoms with Gasteiger partial charge in [-0.15, -0.1) is 0 Å². The van der Waals surface area contributed by atoms with Crippen LogP contribution in [0.15, 0.2) is 76.7 Å². The molecule has 2 nitrogen and oxygen atoms in total. The largest absolute Gasteiger partial charge is 0.384 e. The molecule has 0 spiro atoms. The van der Waals surface area contributed by atoms with Gasteiger partial charge in [0.1, 0.15) is 0 Å². The topological polar surface area (TPSA) is 24.1 Å². The van der Waals surface area contributed by atoms with E-state index in [9.17, 15) is 0 Å². The van der Waals surface area contributed by atoms with E-state index in [1.165, 1.54) is 36.1 Å². The zero-order chi connectivity index (χ0) is 15.2. The maximum Gasteiger partial charge on any atom is 0.0517 e. The molecular formula is C21H22N2. The van der Waals surface area contributed by atoms with Crippen molar-refractivity contribution in [3.05, 3.63) is 82.2 Å². The second kappa shape index (κ2) is 5.16. The third-order valence-electron chi connectivity index (χ3n) is 5.69. The number of allylic oxidation sites excluding steroid dienone is 5. The highest BCUT2D eigenvalue weighted by Crippen LogP contribution is 2.46. The van der Waals surface area contributed by atoms with E-state index in [1.807, 2.05) is 0 Å². The SMILES string of the molecule is C1=CC2=C(CC3CNC4=CCCC2=C43)C(Cc2ccccc2)N1. The van der Waals surface area contributed by atoms with Crippen LogP contribution in [0.25, 0.3) is 0 Å². The third kappa shape index (κ3) is 2.08. The van der Waals surface area contributed by atoms with Crippen molar-refractivity contribution in [2.45, 2.75) is 31.7 Å². The van der Waals surface area contributed by atoms with Crippen LogP contribution in [0, 0.1) is 5.92 Å². The lowest BCUT2D eigenvalue weighted by Crippen LogP contribution is -2.35. The second-order valence-electron chi connectivity index (χ2n) is 7.01. The molecule has 0 amide bonds. The molecule has 1 aromatic carbocycles. The molecular weight excluding hydrogens is 280 g/mol. The van der Waals surface area contributed by atoms with Gasteiger partial charge in [0.2, 0.25) is 0 Å². The van der Waals surface area contributed by atoms with E-state index >= 15 is 0 Å². The Morgan fingerprint density at radius 3 is 2.96 bits per heavy atom.